The number of hydrogen-bond donors (Lipinski definition) is 3. The van der Waals surface area contributed by atoms with E-state index in [1.54, 1.807) is 0 Å². The first-order valence-corrected chi connectivity index (χ1v) is 6.86. The predicted molar refractivity (Wildman–Crippen MR) is 73.0 cm³/mol. The summed E-state index contributed by atoms with van der Waals surface area (Å²) in [5.41, 5.74) is 8.94. The first-order chi connectivity index (χ1) is 8.86. The second-order valence-corrected chi connectivity index (χ2v) is 5.07. The summed E-state index contributed by atoms with van der Waals surface area (Å²) in [6.45, 7) is 5.01. The van der Waals surface area contributed by atoms with Crippen molar-refractivity contribution in [3.8, 4) is 5.75 Å². The second-order valence-electron chi connectivity index (χ2n) is 5.07. The van der Waals surface area contributed by atoms with Gasteiger partial charge in [-0.3, -0.25) is 10.9 Å². The molecule has 0 amide bonds. The van der Waals surface area contributed by atoms with Crippen LogP contribution in [0.2, 0.25) is 0 Å². The van der Waals surface area contributed by atoms with Gasteiger partial charge in [-0.25, -0.2) is 0 Å². The predicted octanol–water partition coefficient (Wildman–Crippen LogP) is 1.85. The number of hydrogen-bond acceptors (Lipinski definition) is 4. The highest BCUT2D eigenvalue weighted by atomic mass is 16.5. The van der Waals surface area contributed by atoms with E-state index in [4.69, 9.17) is 4.74 Å². The molecule has 0 radical (unpaired) electrons. The summed E-state index contributed by atoms with van der Waals surface area (Å²) in [6.07, 6.45) is 2.32. The van der Waals surface area contributed by atoms with Gasteiger partial charge in [-0.05, 0) is 49.4 Å². The van der Waals surface area contributed by atoms with Crippen molar-refractivity contribution in [2.75, 3.05) is 25.0 Å². The third-order valence-electron chi connectivity index (χ3n) is 3.78. The zero-order chi connectivity index (χ0) is 12.4. The van der Waals surface area contributed by atoms with Gasteiger partial charge in [0, 0.05) is 24.8 Å². The minimum atomic E-state index is 0.615. The van der Waals surface area contributed by atoms with Gasteiger partial charge in [0.1, 0.15) is 5.75 Å². The van der Waals surface area contributed by atoms with E-state index in [2.05, 4.69) is 41.3 Å². The van der Waals surface area contributed by atoms with Gasteiger partial charge in [-0.15, -0.1) is 0 Å². The lowest BCUT2D eigenvalue weighted by Crippen LogP contribution is -2.59. The van der Waals surface area contributed by atoms with Crippen LogP contribution in [0, 0.1) is 0 Å². The molecule has 0 aromatic heterocycles. The van der Waals surface area contributed by atoms with Crippen LogP contribution >= 0.6 is 0 Å². The van der Waals surface area contributed by atoms with E-state index in [0.29, 0.717) is 12.0 Å². The quantitative estimate of drug-likeness (QED) is 0.760. The molecular weight excluding hydrogens is 226 g/mol. The number of fused-ring (bicyclic) bond motifs is 1. The van der Waals surface area contributed by atoms with E-state index < -0.39 is 0 Å². The lowest BCUT2D eigenvalue weighted by atomic mass is 9.86. The van der Waals surface area contributed by atoms with Crippen molar-refractivity contribution in [2.45, 2.75) is 31.7 Å². The molecule has 1 aromatic rings. The largest absolute Gasteiger partial charge is 0.493 e. The summed E-state index contributed by atoms with van der Waals surface area (Å²) in [7, 11) is 0. The van der Waals surface area contributed by atoms with Crippen molar-refractivity contribution in [3.63, 3.8) is 0 Å². The van der Waals surface area contributed by atoms with Crippen LogP contribution < -0.4 is 20.9 Å². The molecule has 4 nitrogen and oxygen atoms in total. The van der Waals surface area contributed by atoms with Crippen molar-refractivity contribution in [1.82, 2.24) is 10.9 Å². The standard InChI is InChI=1S/C14H21N3O/c1-2-15-11-3-4-14-13(8-11)10(5-6-18-14)7-12-9-16-17-12/h3-4,8,10,12,15-17H,2,5-7,9H2,1H3. The molecule has 1 aromatic carbocycles. The normalized spacial score (nSPS) is 25.8. The van der Waals surface area contributed by atoms with Crippen LogP contribution in [-0.2, 0) is 0 Å². The fraction of sp³-hybridized carbons (Fsp3) is 0.571. The minimum absolute atomic E-state index is 0.615. The van der Waals surface area contributed by atoms with E-state index in [-0.39, 0.29) is 0 Å². The van der Waals surface area contributed by atoms with Gasteiger partial charge < -0.3 is 10.1 Å². The smallest absolute Gasteiger partial charge is 0.122 e. The fourth-order valence-electron chi connectivity index (χ4n) is 2.76. The van der Waals surface area contributed by atoms with Crippen LogP contribution in [-0.4, -0.2) is 25.7 Å². The van der Waals surface area contributed by atoms with Gasteiger partial charge >= 0.3 is 0 Å². The molecule has 2 aliphatic rings. The van der Waals surface area contributed by atoms with Crippen LogP contribution in [0.4, 0.5) is 5.69 Å². The van der Waals surface area contributed by atoms with E-state index in [9.17, 15) is 0 Å². The summed E-state index contributed by atoms with van der Waals surface area (Å²) in [4.78, 5) is 0. The zero-order valence-electron chi connectivity index (χ0n) is 10.8. The molecule has 18 heavy (non-hydrogen) atoms. The number of benzene rings is 1. The van der Waals surface area contributed by atoms with Gasteiger partial charge in [0.25, 0.3) is 0 Å². The third kappa shape index (κ3) is 2.31. The highest BCUT2D eigenvalue weighted by Gasteiger charge is 2.27. The molecule has 3 rings (SSSR count). The van der Waals surface area contributed by atoms with Crippen molar-refractivity contribution in [3.05, 3.63) is 23.8 Å². The van der Waals surface area contributed by atoms with Crippen molar-refractivity contribution < 1.29 is 4.74 Å². The Bertz CT molecular complexity index is 418. The Labute approximate surface area is 108 Å². The average molecular weight is 247 g/mol. The summed E-state index contributed by atoms with van der Waals surface area (Å²) in [6, 6.07) is 7.08. The molecule has 0 spiro atoms. The Morgan fingerprint density at radius 1 is 1.44 bits per heavy atom. The first kappa shape index (κ1) is 11.8. The van der Waals surface area contributed by atoms with Crippen LogP contribution in [0.25, 0.3) is 0 Å². The molecule has 1 saturated heterocycles. The SMILES string of the molecule is CCNc1ccc2c(c1)C(CC1CNN1)CCO2. The van der Waals surface area contributed by atoms with Crippen molar-refractivity contribution >= 4 is 5.69 Å². The molecule has 2 heterocycles. The Morgan fingerprint density at radius 2 is 2.33 bits per heavy atom. The molecule has 0 aliphatic carbocycles. The van der Waals surface area contributed by atoms with E-state index in [1.165, 1.54) is 17.7 Å². The maximum absolute atomic E-state index is 5.76. The molecule has 3 N–H and O–H groups in total. The monoisotopic (exact) mass is 247 g/mol. The number of nitrogens with one attached hydrogen (secondary N) is 3. The topological polar surface area (TPSA) is 45.3 Å². The second kappa shape index (κ2) is 5.16. The van der Waals surface area contributed by atoms with Gasteiger partial charge in [0.15, 0.2) is 0 Å². The molecule has 2 unspecified atom stereocenters. The summed E-state index contributed by atoms with van der Waals surface area (Å²) in [5.74, 6) is 1.69. The third-order valence-corrected chi connectivity index (χ3v) is 3.78. The summed E-state index contributed by atoms with van der Waals surface area (Å²) >= 11 is 0. The number of ether oxygens (including phenoxy) is 1. The van der Waals surface area contributed by atoms with E-state index in [1.807, 2.05) is 0 Å². The minimum Gasteiger partial charge on any atom is -0.493 e. The van der Waals surface area contributed by atoms with Crippen LogP contribution in [0.5, 0.6) is 5.75 Å². The number of hydrazine groups is 1. The van der Waals surface area contributed by atoms with Crippen LogP contribution in [0.1, 0.15) is 31.2 Å². The molecule has 0 saturated carbocycles. The molecule has 1 fully saturated rings. The molecule has 98 valence electrons. The van der Waals surface area contributed by atoms with Crippen molar-refractivity contribution in [2.24, 2.45) is 0 Å². The molecule has 2 aliphatic heterocycles. The maximum Gasteiger partial charge on any atom is 0.122 e. The van der Waals surface area contributed by atoms with Gasteiger partial charge in [-0.2, -0.15) is 0 Å². The summed E-state index contributed by atoms with van der Waals surface area (Å²) < 4.78 is 5.76. The average Bonchev–Trinajstić information content (AvgIpc) is 2.34. The van der Waals surface area contributed by atoms with Gasteiger partial charge in [0.2, 0.25) is 0 Å². The Hall–Kier alpha value is -1.26. The highest BCUT2D eigenvalue weighted by Crippen LogP contribution is 2.38. The molecular formula is C14H21N3O. The molecule has 4 heteroatoms. The van der Waals surface area contributed by atoms with Crippen LogP contribution in [0.15, 0.2) is 18.2 Å². The maximum atomic E-state index is 5.76. The number of rotatable bonds is 4. The Morgan fingerprint density at radius 3 is 3.06 bits per heavy atom. The zero-order valence-corrected chi connectivity index (χ0v) is 10.8. The van der Waals surface area contributed by atoms with Gasteiger partial charge in [-0.1, -0.05) is 0 Å². The van der Waals surface area contributed by atoms with E-state index in [0.717, 1.165) is 31.9 Å². The molecule has 0 bridgehead atoms. The number of anilines is 1. The lowest BCUT2D eigenvalue weighted by Gasteiger charge is -2.34. The Balaban J connectivity index is 1.80. The van der Waals surface area contributed by atoms with E-state index >= 15 is 0 Å². The van der Waals surface area contributed by atoms with Crippen LogP contribution in [0.3, 0.4) is 0 Å². The lowest BCUT2D eigenvalue weighted by molar-refractivity contribution is 0.224. The summed E-state index contributed by atoms with van der Waals surface area (Å²) in [5, 5.41) is 3.38. The van der Waals surface area contributed by atoms with Crippen molar-refractivity contribution in [1.29, 1.82) is 0 Å². The van der Waals surface area contributed by atoms with Gasteiger partial charge in [0.05, 0.1) is 6.61 Å². The molecule has 2 atom stereocenters. The first-order valence-electron chi connectivity index (χ1n) is 6.86. The highest BCUT2D eigenvalue weighted by molar-refractivity contribution is 5.53. The Kier molecular flexibility index (Phi) is 3.39. The fourth-order valence-corrected chi connectivity index (χ4v) is 2.76.